The zero-order chi connectivity index (χ0) is 11.3. The van der Waals surface area contributed by atoms with Crippen molar-refractivity contribution in [1.82, 2.24) is 0 Å². The number of carbonyl (C=O) groups excluding carboxylic acids is 1. The highest BCUT2D eigenvalue weighted by Gasteiger charge is 2.61. The number of hydrogen-bond acceptors (Lipinski definition) is 3. The second kappa shape index (κ2) is 3.21. The van der Waals surface area contributed by atoms with Crippen LogP contribution in [0.2, 0.25) is 0 Å². The Balaban J connectivity index is 2.13. The van der Waals surface area contributed by atoms with Gasteiger partial charge in [-0.15, -0.1) is 0 Å². The second-order valence-electron chi connectivity index (χ2n) is 5.73. The number of rotatable bonds is 1. The van der Waals surface area contributed by atoms with Crippen LogP contribution in [0, 0.1) is 11.3 Å². The van der Waals surface area contributed by atoms with E-state index in [1.54, 1.807) is 0 Å². The Morgan fingerprint density at radius 3 is 2.53 bits per heavy atom. The average Bonchev–Trinajstić information content (AvgIpc) is 1.97. The van der Waals surface area contributed by atoms with Crippen molar-refractivity contribution in [3.63, 3.8) is 0 Å². The molecule has 3 heteroatoms. The van der Waals surface area contributed by atoms with E-state index >= 15 is 0 Å². The molecule has 1 saturated carbocycles. The molecular weight excluding hydrogens is 192 g/mol. The molecule has 1 aliphatic heterocycles. The van der Waals surface area contributed by atoms with Crippen molar-refractivity contribution < 1.29 is 14.3 Å². The van der Waals surface area contributed by atoms with Gasteiger partial charge in [0, 0.05) is 6.92 Å². The lowest BCUT2D eigenvalue weighted by Crippen LogP contribution is -2.66. The zero-order valence-electron chi connectivity index (χ0n) is 10.0. The van der Waals surface area contributed by atoms with Crippen LogP contribution in [-0.4, -0.2) is 17.9 Å². The van der Waals surface area contributed by atoms with E-state index in [1.807, 2.05) is 0 Å². The van der Waals surface area contributed by atoms with Gasteiger partial charge in [0.05, 0.1) is 11.5 Å². The molecule has 1 aliphatic carbocycles. The molecule has 0 aromatic carbocycles. The van der Waals surface area contributed by atoms with E-state index in [0.29, 0.717) is 5.92 Å². The molecule has 2 fully saturated rings. The summed E-state index contributed by atoms with van der Waals surface area (Å²) in [6, 6.07) is 0. The van der Waals surface area contributed by atoms with Gasteiger partial charge in [-0.1, -0.05) is 20.3 Å². The van der Waals surface area contributed by atoms with Crippen LogP contribution in [0.4, 0.5) is 0 Å². The Labute approximate surface area is 91.1 Å². The van der Waals surface area contributed by atoms with Gasteiger partial charge in [-0.05, 0) is 25.2 Å². The van der Waals surface area contributed by atoms with Gasteiger partial charge in [0.1, 0.15) is 0 Å². The summed E-state index contributed by atoms with van der Waals surface area (Å²) in [4.78, 5) is 10.9. The molecular formula is C12H20O3. The maximum atomic E-state index is 10.9. The molecule has 1 heterocycles. The molecule has 1 saturated heterocycles. The van der Waals surface area contributed by atoms with Crippen LogP contribution in [0.15, 0.2) is 0 Å². The van der Waals surface area contributed by atoms with Gasteiger partial charge >= 0.3 is 5.97 Å². The van der Waals surface area contributed by atoms with E-state index in [0.717, 1.165) is 6.42 Å². The van der Waals surface area contributed by atoms with E-state index in [4.69, 9.17) is 9.47 Å². The highest BCUT2D eigenvalue weighted by atomic mass is 16.7. The molecule has 0 aromatic rings. The van der Waals surface area contributed by atoms with Crippen LogP contribution < -0.4 is 0 Å². The molecule has 86 valence electrons. The van der Waals surface area contributed by atoms with Crippen molar-refractivity contribution in [3.05, 3.63) is 0 Å². The Bertz CT molecular complexity index is 273. The van der Waals surface area contributed by atoms with E-state index in [-0.39, 0.29) is 23.3 Å². The third-order valence-electron chi connectivity index (χ3n) is 3.93. The van der Waals surface area contributed by atoms with E-state index in [9.17, 15) is 4.79 Å². The first kappa shape index (κ1) is 10.9. The van der Waals surface area contributed by atoms with Crippen LogP contribution >= 0.6 is 0 Å². The van der Waals surface area contributed by atoms with Crippen LogP contribution in [-0.2, 0) is 14.3 Å². The lowest BCUT2D eigenvalue weighted by Gasteiger charge is -2.60. The maximum absolute atomic E-state index is 10.9. The standard InChI is InChI=1S/C12H20O3/c1-8(13)14-10-9-11(2,3)6-5-7-12(9,4)15-10/h9-10H,5-7H2,1-4H3. The smallest absolute Gasteiger partial charge is 0.304 e. The first-order valence-electron chi connectivity index (χ1n) is 5.70. The number of carbonyl (C=O) groups is 1. The summed E-state index contributed by atoms with van der Waals surface area (Å²) in [5, 5.41) is 0. The van der Waals surface area contributed by atoms with Gasteiger partial charge in [0.25, 0.3) is 0 Å². The van der Waals surface area contributed by atoms with Crippen molar-refractivity contribution >= 4 is 5.97 Å². The molecule has 0 radical (unpaired) electrons. The Morgan fingerprint density at radius 1 is 1.33 bits per heavy atom. The maximum Gasteiger partial charge on any atom is 0.304 e. The fourth-order valence-corrected chi connectivity index (χ4v) is 3.34. The number of fused-ring (bicyclic) bond motifs is 1. The Kier molecular flexibility index (Phi) is 2.34. The van der Waals surface area contributed by atoms with Crippen LogP contribution in [0.5, 0.6) is 0 Å². The molecule has 2 rings (SSSR count). The zero-order valence-corrected chi connectivity index (χ0v) is 10.0. The summed E-state index contributed by atoms with van der Waals surface area (Å²) < 4.78 is 10.9. The topological polar surface area (TPSA) is 35.5 Å². The first-order chi connectivity index (χ1) is 6.85. The Morgan fingerprint density at radius 2 is 2.00 bits per heavy atom. The SMILES string of the molecule is CC(=O)OC1OC2(C)CCCC(C)(C)C12. The van der Waals surface area contributed by atoms with E-state index in [1.165, 1.54) is 19.8 Å². The number of esters is 1. The van der Waals surface area contributed by atoms with Gasteiger partial charge in [-0.2, -0.15) is 0 Å². The van der Waals surface area contributed by atoms with Crippen molar-refractivity contribution in [3.8, 4) is 0 Å². The molecule has 0 N–H and O–H groups in total. The normalized spacial score (nSPS) is 42.7. The largest absolute Gasteiger partial charge is 0.435 e. The van der Waals surface area contributed by atoms with E-state index < -0.39 is 0 Å². The molecule has 15 heavy (non-hydrogen) atoms. The van der Waals surface area contributed by atoms with Crippen LogP contribution in [0.1, 0.15) is 47.0 Å². The highest BCUT2D eigenvalue weighted by Crippen LogP contribution is 2.57. The quantitative estimate of drug-likeness (QED) is 0.626. The minimum atomic E-state index is -0.317. The minimum absolute atomic E-state index is 0.0676. The number of hydrogen-bond donors (Lipinski definition) is 0. The van der Waals surface area contributed by atoms with Gasteiger partial charge in [0.2, 0.25) is 6.29 Å². The van der Waals surface area contributed by atoms with Crippen molar-refractivity contribution in [2.45, 2.75) is 58.8 Å². The van der Waals surface area contributed by atoms with Gasteiger partial charge in [-0.25, -0.2) is 0 Å². The second-order valence-corrected chi connectivity index (χ2v) is 5.73. The summed E-state index contributed by atoms with van der Waals surface area (Å²) in [6.45, 7) is 8.07. The molecule has 0 spiro atoms. The third kappa shape index (κ3) is 1.67. The summed E-state index contributed by atoms with van der Waals surface area (Å²) in [5.41, 5.74) is 0.146. The third-order valence-corrected chi connectivity index (χ3v) is 3.93. The van der Waals surface area contributed by atoms with Gasteiger partial charge < -0.3 is 9.47 Å². The molecule has 0 aromatic heterocycles. The molecule has 3 atom stereocenters. The lowest BCUT2D eigenvalue weighted by molar-refractivity contribution is -0.370. The fourth-order valence-electron chi connectivity index (χ4n) is 3.34. The van der Waals surface area contributed by atoms with E-state index in [2.05, 4.69) is 20.8 Å². The predicted molar refractivity (Wildman–Crippen MR) is 56.2 cm³/mol. The predicted octanol–water partition coefficient (Wildman–Crippen LogP) is 2.49. The van der Waals surface area contributed by atoms with Crippen molar-refractivity contribution in [1.29, 1.82) is 0 Å². The van der Waals surface area contributed by atoms with Crippen molar-refractivity contribution in [2.24, 2.45) is 11.3 Å². The molecule has 2 aliphatic rings. The number of ether oxygens (including phenoxy) is 2. The molecule has 0 amide bonds. The summed E-state index contributed by atoms with van der Waals surface area (Å²) in [7, 11) is 0. The van der Waals surface area contributed by atoms with Gasteiger partial charge in [0.15, 0.2) is 0 Å². The monoisotopic (exact) mass is 212 g/mol. The molecule has 3 unspecified atom stereocenters. The minimum Gasteiger partial charge on any atom is -0.435 e. The summed E-state index contributed by atoms with van der Waals surface area (Å²) >= 11 is 0. The van der Waals surface area contributed by atoms with Crippen LogP contribution in [0.3, 0.4) is 0 Å². The molecule has 0 bridgehead atoms. The molecule has 3 nitrogen and oxygen atoms in total. The van der Waals surface area contributed by atoms with Crippen LogP contribution in [0.25, 0.3) is 0 Å². The van der Waals surface area contributed by atoms with Gasteiger partial charge in [-0.3, -0.25) is 4.79 Å². The fraction of sp³-hybridized carbons (Fsp3) is 0.917. The first-order valence-corrected chi connectivity index (χ1v) is 5.70. The average molecular weight is 212 g/mol. The summed E-state index contributed by atoms with van der Waals surface area (Å²) in [6.07, 6.45) is 3.16. The highest BCUT2D eigenvalue weighted by molar-refractivity contribution is 5.66. The lowest BCUT2D eigenvalue weighted by atomic mass is 9.58. The Hall–Kier alpha value is -0.570. The summed E-state index contributed by atoms with van der Waals surface area (Å²) in [5.74, 6) is 0.103. The van der Waals surface area contributed by atoms with Crippen molar-refractivity contribution in [2.75, 3.05) is 0 Å².